The molecule has 4 rings (SSSR count). The molecule has 0 radical (unpaired) electrons. The molecule has 0 aliphatic carbocycles. The number of benzene rings is 4. The Morgan fingerprint density at radius 1 is 0.870 bits per heavy atom. The first-order valence-corrected chi connectivity index (χ1v) is 17.0. The Kier molecular flexibility index (Phi) is 11.8. The molecule has 0 bridgehead atoms. The summed E-state index contributed by atoms with van der Waals surface area (Å²) in [5.74, 6) is -0.379. The quantitative estimate of drug-likeness (QED) is 0.169. The summed E-state index contributed by atoms with van der Waals surface area (Å²) in [6, 6.07) is 28.4. The summed E-state index contributed by atoms with van der Waals surface area (Å²) >= 11 is 6.55. The topological polar surface area (TPSA) is 96.0 Å². The maximum absolute atomic E-state index is 14.5. The summed E-state index contributed by atoms with van der Waals surface area (Å²) < 4.78 is 35.0. The number of nitrogens with one attached hydrogen (secondary N) is 1. The zero-order chi connectivity index (χ0) is 33.3. The number of rotatable bonds is 14. The van der Waals surface area contributed by atoms with Crippen LogP contribution in [0, 0.1) is 6.92 Å². The van der Waals surface area contributed by atoms with Crippen molar-refractivity contribution in [1.29, 1.82) is 0 Å². The highest BCUT2D eigenvalue weighted by Gasteiger charge is 2.35. The van der Waals surface area contributed by atoms with E-state index in [1.807, 2.05) is 58.0 Å². The first-order valence-electron chi connectivity index (χ1n) is 15.2. The molecular formula is C36H40ClN3O5S. The van der Waals surface area contributed by atoms with E-state index in [0.717, 1.165) is 15.4 Å². The minimum absolute atomic E-state index is 0.000341. The molecule has 4 aromatic rings. The van der Waals surface area contributed by atoms with Gasteiger partial charge in [0.05, 0.1) is 17.2 Å². The van der Waals surface area contributed by atoms with Crippen LogP contribution in [0.1, 0.15) is 37.5 Å². The molecule has 0 saturated heterocycles. The van der Waals surface area contributed by atoms with Crippen LogP contribution in [0.5, 0.6) is 5.75 Å². The van der Waals surface area contributed by atoms with Gasteiger partial charge in [0.25, 0.3) is 10.0 Å². The van der Waals surface area contributed by atoms with Gasteiger partial charge in [-0.3, -0.25) is 13.9 Å². The first kappa shape index (κ1) is 34.5. The van der Waals surface area contributed by atoms with Gasteiger partial charge in [-0.1, -0.05) is 77.8 Å². The lowest BCUT2D eigenvalue weighted by atomic mass is 10.0. The molecule has 1 N–H and O–H groups in total. The van der Waals surface area contributed by atoms with Crippen molar-refractivity contribution in [2.45, 2.75) is 57.6 Å². The standard InChI is InChI=1S/C36H40ClN3O5S/c1-5-45-31-19-21-32(22-20-31)46(43,44)40(30-17-15-27(4)16-18-30)25-35(41)39(24-29-13-9-10-14-33(29)37)34(36(42)38-26(2)3)23-28-11-7-6-8-12-28/h6-22,26,34H,5,23-25H2,1-4H3,(H,38,42)/t34-/m1/s1. The van der Waals surface area contributed by atoms with Crippen molar-refractivity contribution in [2.75, 3.05) is 17.5 Å². The Labute approximate surface area is 277 Å². The minimum Gasteiger partial charge on any atom is -0.494 e. The number of sulfonamides is 1. The molecular weight excluding hydrogens is 622 g/mol. The smallest absolute Gasteiger partial charge is 0.264 e. The maximum Gasteiger partial charge on any atom is 0.264 e. The maximum atomic E-state index is 14.5. The number of amides is 2. The lowest BCUT2D eigenvalue weighted by Gasteiger charge is -2.34. The predicted molar refractivity (Wildman–Crippen MR) is 183 cm³/mol. The molecule has 0 spiro atoms. The van der Waals surface area contributed by atoms with Crippen LogP contribution in [0.3, 0.4) is 0 Å². The minimum atomic E-state index is -4.23. The average molecular weight is 662 g/mol. The van der Waals surface area contributed by atoms with Gasteiger partial charge in [-0.25, -0.2) is 8.42 Å². The normalized spacial score (nSPS) is 12.0. The summed E-state index contributed by atoms with van der Waals surface area (Å²) in [4.78, 5) is 29.8. The molecule has 10 heteroatoms. The second-order valence-electron chi connectivity index (χ2n) is 11.2. The molecule has 2 amide bonds. The number of ether oxygens (including phenoxy) is 1. The number of hydrogen-bond acceptors (Lipinski definition) is 5. The lowest BCUT2D eigenvalue weighted by molar-refractivity contribution is -0.140. The average Bonchev–Trinajstić information content (AvgIpc) is 3.03. The van der Waals surface area contributed by atoms with E-state index in [-0.39, 0.29) is 29.8 Å². The molecule has 0 aliphatic heterocycles. The third-order valence-electron chi connectivity index (χ3n) is 7.32. The van der Waals surface area contributed by atoms with Crippen molar-refractivity contribution in [1.82, 2.24) is 10.2 Å². The van der Waals surface area contributed by atoms with Crippen LogP contribution >= 0.6 is 11.6 Å². The van der Waals surface area contributed by atoms with E-state index < -0.39 is 28.5 Å². The molecule has 242 valence electrons. The highest BCUT2D eigenvalue weighted by Crippen LogP contribution is 2.27. The van der Waals surface area contributed by atoms with E-state index >= 15 is 0 Å². The van der Waals surface area contributed by atoms with Crippen LogP contribution < -0.4 is 14.4 Å². The van der Waals surface area contributed by atoms with Crippen LogP contribution in [0.25, 0.3) is 0 Å². The second kappa shape index (κ2) is 15.8. The van der Waals surface area contributed by atoms with Crippen LogP contribution in [-0.4, -0.2) is 50.4 Å². The number of anilines is 1. The van der Waals surface area contributed by atoms with Crippen LogP contribution in [0.2, 0.25) is 5.02 Å². The third-order valence-corrected chi connectivity index (χ3v) is 9.48. The number of aryl methyl sites for hydroxylation is 1. The van der Waals surface area contributed by atoms with E-state index in [1.54, 1.807) is 60.7 Å². The molecule has 0 heterocycles. The van der Waals surface area contributed by atoms with E-state index in [4.69, 9.17) is 16.3 Å². The van der Waals surface area contributed by atoms with Crippen molar-refractivity contribution in [2.24, 2.45) is 0 Å². The molecule has 0 aromatic heterocycles. The Bertz CT molecular complexity index is 1710. The molecule has 0 fully saturated rings. The van der Waals surface area contributed by atoms with E-state index in [2.05, 4.69) is 5.32 Å². The van der Waals surface area contributed by atoms with E-state index in [0.29, 0.717) is 28.6 Å². The van der Waals surface area contributed by atoms with Gasteiger partial charge in [0.1, 0.15) is 18.3 Å². The van der Waals surface area contributed by atoms with Crippen LogP contribution in [0.15, 0.2) is 108 Å². The zero-order valence-corrected chi connectivity index (χ0v) is 28.1. The fourth-order valence-corrected chi connectivity index (χ4v) is 6.60. The summed E-state index contributed by atoms with van der Waals surface area (Å²) in [6.07, 6.45) is 0.214. The molecule has 46 heavy (non-hydrogen) atoms. The Morgan fingerprint density at radius 2 is 1.50 bits per heavy atom. The highest BCUT2D eigenvalue weighted by atomic mass is 35.5. The molecule has 0 aliphatic rings. The van der Waals surface area contributed by atoms with Gasteiger partial charge >= 0.3 is 0 Å². The molecule has 1 atom stereocenters. The molecule has 4 aromatic carbocycles. The largest absolute Gasteiger partial charge is 0.494 e. The summed E-state index contributed by atoms with van der Waals surface area (Å²) in [6.45, 7) is 7.31. The number of nitrogens with zero attached hydrogens (tertiary/aromatic N) is 2. The third kappa shape index (κ3) is 8.89. The van der Waals surface area contributed by atoms with Crippen molar-refractivity contribution >= 4 is 39.1 Å². The van der Waals surface area contributed by atoms with E-state index in [1.165, 1.54) is 17.0 Å². The number of hydrogen-bond donors (Lipinski definition) is 1. The molecule has 0 saturated carbocycles. The Hall–Kier alpha value is -4.34. The molecule has 8 nitrogen and oxygen atoms in total. The van der Waals surface area contributed by atoms with Crippen molar-refractivity contribution in [3.8, 4) is 5.75 Å². The van der Waals surface area contributed by atoms with Crippen molar-refractivity contribution in [3.05, 3.63) is 125 Å². The number of carbonyl (C=O) groups is 2. The first-order chi connectivity index (χ1) is 22.0. The number of halogens is 1. The van der Waals surface area contributed by atoms with Gasteiger partial charge in [0.2, 0.25) is 11.8 Å². The zero-order valence-electron chi connectivity index (χ0n) is 26.5. The fourth-order valence-electron chi connectivity index (χ4n) is 4.99. The number of carbonyl (C=O) groups excluding carboxylic acids is 2. The van der Waals surface area contributed by atoms with Gasteiger partial charge in [-0.15, -0.1) is 0 Å². The second-order valence-corrected chi connectivity index (χ2v) is 13.5. The van der Waals surface area contributed by atoms with Crippen molar-refractivity contribution in [3.63, 3.8) is 0 Å². The summed E-state index contributed by atoms with van der Waals surface area (Å²) in [5.41, 5.74) is 2.73. The van der Waals surface area contributed by atoms with Crippen LogP contribution in [-0.2, 0) is 32.6 Å². The van der Waals surface area contributed by atoms with Gasteiger partial charge in [-0.2, -0.15) is 0 Å². The van der Waals surface area contributed by atoms with E-state index in [9.17, 15) is 18.0 Å². The summed E-state index contributed by atoms with van der Waals surface area (Å²) in [7, 11) is -4.23. The van der Waals surface area contributed by atoms with Gasteiger partial charge in [0, 0.05) is 24.0 Å². The highest BCUT2D eigenvalue weighted by molar-refractivity contribution is 7.92. The van der Waals surface area contributed by atoms with Gasteiger partial charge in [0.15, 0.2) is 0 Å². The monoisotopic (exact) mass is 661 g/mol. The van der Waals surface area contributed by atoms with Crippen LogP contribution in [0.4, 0.5) is 5.69 Å². The van der Waals surface area contributed by atoms with Gasteiger partial charge < -0.3 is 15.0 Å². The predicted octanol–water partition coefficient (Wildman–Crippen LogP) is 6.41. The fraction of sp³-hybridized carbons (Fsp3) is 0.278. The summed E-state index contributed by atoms with van der Waals surface area (Å²) in [5, 5.41) is 3.38. The Morgan fingerprint density at radius 3 is 2.11 bits per heavy atom. The lowest BCUT2D eigenvalue weighted by Crippen LogP contribution is -2.54. The Balaban J connectivity index is 1.80. The SMILES string of the molecule is CCOc1ccc(S(=O)(=O)N(CC(=O)N(Cc2ccccc2Cl)[C@H](Cc2ccccc2)C(=O)NC(C)C)c2ccc(C)cc2)cc1. The molecule has 0 unspecified atom stereocenters. The van der Waals surface area contributed by atoms with Crippen molar-refractivity contribution < 1.29 is 22.7 Å². The van der Waals surface area contributed by atoms with Gasteiger partial charge in [-0.05, 0) is 81.3 Å².